The fourth-order valence-corrected chi connectivity index (χ4v) is 2.51. The maximum absolute atomic E-state index is 11.7. The predicted octanol–water partition coefficient (Wildman–Crippen LogP) is 3.03. The lowest BCUT2D eigenvalue weighted by atomic mass is 10.3. The minimum absolute atomic E-state index is 0.374. The number of aryl methyl sites for hydroxylation is 1. The first-order chi connectivity index (χ1) is 10.3. The molecule has 0 aliphatic heterocycles. The first kappa shape index (κ1) is 13.6. The summed E-state index contributed by atoms with van der Waals surface area (Å²) in [7, 11) is 0. The van der Waals surface area contributed by atoms with Crippen molar-refractivity contribution in [1.82, 2.24) is 9.78 Å². The van der Waals surface area contributed by atoms with Crippen molar-refractivity contribution in [3.8, 4) is 16.5 Å². The molecule has 2 heterocycles. The van der Waals surface area contributed by atoms with E-state index in [9.17, 15) is 4.79 Å². The maximum atomic E-state index is 11.7. The van der Waals surface area contributed by atoms with E-state index in [4.69, 9.17) is 9.15 Å². The molecule has 0 unspecified atom stereocenters. The van der Waals surface area contributed by atoms with E-state index in [1.54, 1.807) is 0 Å². The number of aromatic nitrogens is 2. The predicted molar refractivity (Wildman–Crippen MR) is 80.6 cm³/mol. The van der Waals surface area contributed by atoms with Crippen LogP contribution in [0, 0.1) is 0 Å². The first-order valence-electron chi connectivity index (χ1n) is 6.62. The zero-order chi connectivity index (χ0) is 14.5. The molecule has 0 saturated heterocycles. The summed E-state index contributed by atoms with van der Waals surface area (Å²) in [5.41, 5.74) is 0. The van der Waals surface area contributed by atoms with Crippen LogP contribution in [0.5, 0.6) is 5.75 Å². The second-order valence-electron chi connectivity index (χ2n) is 4.39. The smallest absolute Gasteiger partial charge is 0.437 e. The van der Waals surface area contributed by atoms with Gasteiger partial charge in [0.15, 0.2) is 0 Å². The SMILES string of the molecule is O=c1oc(-c2cccs2)nn1CCCOc1ccccc1. The minimum Gasteiger partial charge on any atom is -0.494 e. The first-order valence-corrected chi connectivity index (χ1v) is 7.50. The fraction of sp³-hybridized carbons (Fsp3) is 0.200. The van der Waals surface area contributed by atoms with Gasteiger partial charge >= 0.3 is 5.76 Å². The molecule has 0 spiro atoms. The molecule has 0 bridgehead atoms. The van der Waals surface area contributed by atoms with Crippen LogP contribution in [0.2, 0.25) is 0 Å². The number of ether oxygens (including phenoxy) is 1. The van der Waals surface area contributed by atoms with Crippen molar-refractivity contribution in [2.45, 2.75) is 13.0 Å². The summed E-state index contributed by atoms with van der Waals surface area (Å²) in [6.45, 7) is 0.998. The van der Waals surface area contributed by atoms with Gasteiger partial charge in [0.2, 0.25) is 0 Å². The summed E-state index contributed by atoms with van der Waals surface area (Å²) in [5.74, 6) is 0.765. The topological polar surface area (TPSA) is 57.3 Å². The Morgan fingerprint density at radius 2 is 2.05 bits per heavy atom. The van der Waals surface area contributed by atoms with Crippen molar-refractivity contribution in [1.29, 1.82) is 0 Å². The summed E-state index contributed by atoms with van der Waals surface area (Å²) < 4.78 is 12.1. The summed E-state index contributed by atoms with van der Waals surface area (Å²) >= 11 is 1.49. The van der Waals surface area contributed by atoms with Crippen LogP contribution in [0.25, 0.3) is 10.8 Å². The Kier molecular flexibility index (Phi) is 4.16. The zero-order valence-corrected chi connectivity index (χ0v) is 12.1. The van der Waals surface area contributed by atoms with Gasteiger partial charge in [0.25, 0.3) is 5.89 Å². The van der Waals surface area contributed by atoms with E-state index in [0.29, 0.717) is 25.5 Å². The van der Waals surface area contributed by atoms with Crippen LogP contribution in [0.4, 0.5) is 0 Å². The van der Waals surface area contributed by atoms with Gasteiger partial charge < -0.3 is 9.15 Å². The molecule has 0 radical (unpaired) electrons. The standard InChI is InChI=1S/C15H14N2O3S/c18-15-17(16-14(20-15)13-8-4-11-21-13)9-5-10-19-12-6-2-1-3-7-12/h1-4,6-8,11H,5,9-10H2. The molecule has 108 valence electrons. The Morgan fingerprint density at radius 1 is 1.19 bits per heavy atom. The van der Waals surface area contributed by atoms with Gasteiger partial charge in [-0.3, -0.25) is 0 Å². The molecule has 0 aliphatic carbocycles. The molecule has 0 fully saturated rings. The second-order valence-corrected chi connectivity index (χ2v) is 5.34. The molecule has 0 saturated carbocycles. The highest BCUT2D eigenvalue weighted by Crippen LogP contribution is 2.21. The van der Waals surface area contributed by atoms with E-state index in [0.717, 1.165) is 10.6 Å². The average molecular weight is 302 g/mol. The molecular formula is C15H14N2O3S. The molecule has 0 atom stereocenters. The van der Waals surface area contributed by atoms with E-state index in [2.05, 4.69) is 5.10 Å². The van der Waals surface area contributed by atoms with Gasteiger partial charge in [-0.25, -0.2) is 4.79 Å². The summed E-state index contributed by atoms with van der Waals surface area (Å²) in [6.07, 6.45) is 0.686. The van der Waals surface area contributed by atoms with E-state index in [-0.39, 0.29) is 0 Å². The van der Waals surface area contributed by atoms with Crippen LogP contribution in [0.3, 0.4) is 0 Å². The van der Waals surface area contributed by atoms with E-state index in [1.807, 2.05) is 47.8 Å². The number of thiophene rings is 1. The average Bonchev–Trinajstić information content (AvgIpc) is 3.15. The molecule has 1 aromatic carbocycles. The van der Waals surface area contributed by atoms with Gasteiger partial charge in [0.05, 0.1) is 18.0 Å². The van der Waals surface area contributed by atoms with Gasteiger partial charge in [0, 0.05) is 6.42 Å². The number of para-hydroxylation sites is 1. The Labute approximate surface area is 125 Å². The van der Waals surface area contributed by atoms with Gasteiger partial charge in [-0.1, -0.05) is 24.3 Å². The third-order valence-electron chi connectivity index (χ3n) is 2.86. The van der Waals surface area contributed by atoms with E-state index >= 15 is 0 Å². The minimum atomic E-state index is -0.432. The van der Waals surface area contributed by atoms with Gasteiger partial charge in [-0.15, -0.1) is 16.4 Å². The second kappa shape index (κ2) is 6.41. The Morgan fingerprint density at radius 3 is 2.81 bits per heavy atom. The number of rotatable bonds is 6. The molecular weight excluding hydrogens is 288 g/mol. The van der Waals surface area contributed by atoms with Crippen LogP contribution in [0.15, 0.2) is 57.1 Å². The number of hydrogen-bond donors (Lipinski definition) is 0. The van der Waals surface area contributed by atoms with Crippen molar-refractivity contribution in [3.05, 3.63) is 58.4 Å². The molecule has 21 heavy (non-hydrogen) atoms. The Balaban J connectivity index is 1.55. The van der Waals surface area contributed by atoms with Crippen molar-refractivity contribution in [2.24, 2.45) is 0 Å². The van der Waals surface area contributed by atoms with Crippen molar-refractivity contribution >= 4 is 11.3 Å². The number of benzene rings is 1. The molecule has 3 aromatic rings. The van der Waals surface area contributed by atoms with Gasteiger partial charge in [-0.05, 0) is 23.6 Å². The van der Waals surface area contributed by atoms with Crippen LogP contribution in [-0.2, 0) is 6.54 Å². The van der Waals surface area contributed by atoms with Crippen LogP contribution >= 0.6 is 11.3 Å². The number of nitrogens with zero attached hydrogens (tertiary/aromatic N) is 2. The van der Waals surface area contributed by atoms with E-state index < -0.39 is 5.76 Å². The highest BCUT2D eigenvalue weighted by atomic mass is 32.1. The largest absolute Gasteiger partial charge is 0.494 e. The van der Waals surface area contributed by atoms with E-state index in [1.165, 1.54) is 16.0 Å². The summed E-state index contributed by atoms with van der Waals surface area (Å²) in [6, 6.07) is 13.4. The lowest BCUT2D eigenvalue weighted by Crippen LogP contribution is -2.17. The molecule has 2 aromatic heterocycles. The van der Waals surface area contributed by atoms with Gasteiger partial charge in [0.1, 0.15) is 5.75 Å². The normalized spacial score (nSPS) is 10.7. The number of hydrogen-bond acceptors (Lipinski definition) is 5. The molecule has 0 aliphatic rings. The molecule has 0 amide bonds. The summed E-state index contributed by atoms with van der Waals surface area (Å²) in [4.78, 5) is 12.6. The lowest BCUT2D eigenvalue weighted by molar-refractivity contribution is 0.296. The van der Waals surface area contributed by atoms with Crippen LogP contribution < -0.4 is 10.5 Å². The monoisotopic (exact) mass is 302 g/mol. The summed E-state index contributed by atoms with van der Waals surface area (Å²) in [5, 5.41) is 6.11. The third kappa shape index (κ3) is 3.41. The Hall–Kier alpha value is -2.34. The molecule has 3 rings (SSSR count). The highest BCUT2D eigenvalue weighted by Gasteiger charge is 2.10. The molecule has 0 N–H and O–H groups in total. The molecule has 6 heteroatoms. The molecule has 5 nitrogen and oxygen atoms in total. The Bertz CT molecular complexity index is 732. The quantitative estimate of drug-likeness (QED) is 0.657. The third-order valence-corrected chi connectivity index (χ3v) is 3.72. The zero-order valence-electron chi connectivity index (χ0n) is 11.3. The van der Waals surface area contributed by atoms with Crippen molar-refractivity contribution < 1.29 is 9.15 Å². The van der Waals surface area contributed by atoms with Crippen molar-refractivity contribution in [3.63, 3.8) is 0 Å². The van der Waals surface area contributed by atoms with Crippen LogP contribution in [0.1, 0.15) is 6.42 Å². The highest BCUT2D eigenvalue weighted by molar-refractivity contribution is 7.13. The maximum Gasteiger partial charge on any atom is 0.437 e. The van der Waals surface area contributed by atoms with Crippen molar-refractivity contribution in [2.75, 3.05) is 6.61 Å². The fourth-order valence-electron chi connectivity index (χ4n) is 1.87. The van der Waals surface area contributed by atoms with Crippen LogP contribution in [-0.4, -0.2) is 16.4 Å². The van der Waals surface area contributed by atoms with Gasteiger partial charge in [-0.2, -0.15) is 4.68 Å². The lowest BCUT2D eigenvalue weighted by Gasteiger charge is -2.04.